The zero-order chi connectivity index (χ0) is 23.0. The molecule has 0 unspecified atom stereocenters. The molecule has 4 rings (SSSR count). The third-order valence-corrected chi connectivity index (χ3v) is 6.63. The lowest BCUT2D eigenvalue weighted by Gasteiger charge is -2.32. The molecule has 1 saturated carbocycles. The fraction of sp³-hybridized carbons (Fsp3) is 0.385. The summed E-state index contributed by atoms with van der Waals surface area (Å²) in [5.74, 6) is -0.992. The largest absolute Gasteiger partial charge is 0.465 e. The summed E-state index contributed by atoms with van der Waals surface area (Å²) >= 11 is 0. The van der Waals surface area contributed by atoms with E-state index in [2.05, 4.69) is 0 Å². The Morgan fingerprint density at radius 3 is 2.47 bits per heavy atom. The summed E-state index contributed by atoms with van der Waals surface area (Å²) in [4.78, 5) is 28.0. The van der Waals surface area contributed by atoms with Crippen LogP contribution in [0.2, 0.25) is 0 Å². The number of aromatic nitrogens is 1. The van der Waals surface area contributed by atoms with E-state index in [0.717, 1.165) is 42.6 Å². The van der Waals surface area contributed by atoms with Crippen LogP contribution in [0.3, 0.4) is 0 Å². The van der Waals surface area contributed by atoms with E-state index in [1.165, 1.54) is 19.6 Å². The van der Waals surface area contributed by atoms with Crippen molar-refractivity contribution in [3.05, 3.63) is 69.9 Å². The maximum atomic E-state index is 14.5. The highest BCUT2D eigenvalue weighted by Gasteiger charge is 2.40. The number of halogens is 1. The number of carbonyl (C=O) groups is 2. The first-order valence-electron chi connectivity index (χ1n) is 11.1. The van der Waals surface area contributed by atoms with E-state index in [9.17, 15) is 14.0 Å². The van der Waals surface area contributed by atoms with Crippen LogP contribution < -0.4 is 0 Å². The highest BCUT2D eigenvalue weighted by molar-refractivity contribution is 6.16. The quantitative estimate of drug-likeness (QED) is 0.487. The second-order valence-corrected chi connectivity index (χ2v) is 8.59. The van der Waals surface area contributed by atoms with Crippen LogP contribution in [0, 0.1) is 19.7 Å². The fourth-order valence-corrected chi connectivity index (χ4v) is 5.07. The van der Waals surface area contributed by atoms with Gasteiger partial charge in [0.2, 0.25) is 0 Å². The molecular weight excluding hydrogens is 407 g/mol. The van der Waals surface area contributed by atoms with E-state index in [0.29, 0.717) is 22.5 Å². The third kappa shape index (κ3) is 3.68. The summed E-state index contributed by atoms with van der Waals surface area (Å²) in [5, 5.41) is 0. The van der Waals surface area contributed by atoms with Crippen LogP contribution in [-0.4, -0.2) is 34.5 Å². The second-order valence-electron chi connectivity index (χ2n) is 8.59. The third-order valence-electron chi connectivity index (χ3n) is 6.63. The number of carbonyl (C=O) groups excluding carboxylic acids is 2. The maximum Gasteiger partial charge on any atom is 0.340 e. The Morgan fingerprint density at radius 2 is 1.81 bits per heavy atom. The van der Waals surface area contributed by atoms with Crippen LogP contribution in [0.5, 0.6) is 0 Å². The standard InChI is InChI=1S/C26H29FN2O3/c1-16-14-19(17(2)28(16)23-13-9-8-12-22(23)27)15-21-24(26(31)32-4)18(3)29(25(21)30)20-10-6-5-7-11-20/h8-9,12-15,20H,5-7,10-11H2,1-4H3/b21-15-. The fourth-order valence-electron chi connectivity index (χ4n) is 5.07. The van der Waals surface area contributed by atoms with Crippen LogP contribution in [0.1, 0.15) is 56.0 Å². The van der Waals surface area contributed by atoms with Crippen molar-refractivity contribution in [1.82, 2.24) is 9.47 Å². The molecule has 2 aromatic rings. The molecule has 2 aliphatic rings. The van der Waals surface area contributed by atoms with E-state index in [-0.39, 0.29) is 17.8 Å². The van der Waals surface area contributed by atoms with Gasteiger partial charge in [0.25, 0.3) is 5.91 Å². The zero-order valence-corrected chi connectivity index (χ0v) is 19.1. The van der Waals surface area contributed by atoms with Crippen LogP contribution in [0.15, 0.2) is 47.2 Å². The van der Waals surface area contributed by atoms with Gasteiger partial charge < -0.3 is 14.2 Å². The molecule has 0 bridgehead atoms. The Bertz CT molecular complexity index is 1140. The summed E-state index contributed by atoms with van der Waals surface area (Å²) in [6.45, 7) is 5.61. The minimum Gasteiger partial charge on any atom is -0.465 e. The molecule has 5 nitrogen and oxygen atoms in total. The number of allylic oxidation sites excluding steroid dienone is 1. The molecule has 2 heterocycles. The normalized spacial score (nSPS) is 18.7. The molecule has 0 atom stereocenters. The molecule has 1 fully saturated rings. The maximum absolute atomic E-state index is 14.5. The number of esters is 1. The Morgan fingerprint density at radius 1 is 1.12 bits per heavy atom. The molecule has 1 aliphatic heterocycles. The minimum absolute atomic E-state index is 0.104. The first-order chi connectivity index (χ1) is 15.3. The number of rotatable bonds is 4. The summed E-state index contributed by atoms with van der Waals surface area (Å²) in [5.41, 5.74) is 4.18. The molecule has 0 spiro atoms. The molecule has 32 heavy (non-hydrogen) atoms. The summed E-state index contributed by atoms with van der Waals surface area (Å²) < 4.78 is 21.3. The van der Waals surface area contributed by atoms with E-state index in [1.54, 1.807) is 29.2 Å². The predicted molar refractivity (Wildman–Crippen MR) is 122 cm³/mol. The van der Waals surface area contributed by atoms with E-state index >= 15 is 0 Å². The van der Waals surface area contributed by atoms with Gasteiger partial charge in [0.15, 0.2) is 0 Å². The number of nitrogens with zero attached hydrogens (tertiary/aromatic N) is 2. The number of methoxy groups -OCH3 is 1. The van der Waals surface area contributed by atoms with Gasteiger partial charge in [-0.3, -0.25) is 4.79 Å². The van der Waals surface area contributed by atoms with Crippen molar-refractivity contribution < 1.29 is 18.7 Å². The lowest BCUT2D eigenvalue weighted by Crippen LogP contribution is -2.37. The Hall–Kier alpha value is -3.15. The van der Waals surface area contributed by atoms with E-state index < -0.39 is 5.97 Å². The van der Waals surface area contributed by atoms with Gasteiger partial charge in [-0.05, 0) is 63.5 Å². The molecule has 1 aliphatic carbocycles. The molecule has 0 N–H and O–H groups in total. The Balaban J connectivity index is 1.81. The Labute approximate surface area is 188 Å². The molecule has 1 aromatic heterocycles. The molecule has 6 heteroatoms. The SMILES string of the molecule is COC(=O)C1=C(C)N(C2CCCCC2)C(=O)/C1=C\c1cc(C)n(-c2ccccc2F)c1C. The zero-order valence-electron chi connectivity index (χ0n) is 19.1. The number of para-hydroxylation sites is 1. The number of ether oxygens (including phenoxy) is 1. The van der Waals surface area contributed by atoms with Crippen molar-refractivity contribution in [1.29, 1.82) is 0 Å². The summed E-state index contributed by atoms with van der Waals surface area (Å²) in [6, 6.07) is 8.61. The van der Waals surface area contributed by atoms with Gasteiger partial charge in [-0.15, -0.1) is 0 Å². The predicted octanol–water partition coefficient (Wildman–Crippen LogP) is 5.24. The van der Waals surface area contributed by atoms with Crippen molar-refractivity contribution in [2.45, 2.75) is 58.9 Å². The van der Waals surface area contributed by atoms with Crippen LogP contribution in [-0.2, 0) is 14.3 Å². The van der Waals surface area contributed by atoms with Gasteiger partial charge in [-0.1, -0.05) is 31.4 Å². The van der Waals surface area contributed by atoms with Crippen molar-refractivity contribution >= 4 is 18.0 Å². The molecule has 0 radical (unpaired) electrons. The van der Waals surface area contributed by atoms with Crippen LogP contribution >= 0.6 is 0 Å². The van der Waals surface area contributed by atoms with Crippen molar-refractivity contribution in [3.8, 4) is 5.69 Å². The summed E-state index contributed by atoms with van der Waals surface area (Å²) in [6.07, 6.45) is 6.96. The van der Waals surface area contributed by atoms with Gasteiger partial charge in [0.05, 0.1) is 23.9 Å². The average Bonchev–Trinajstić information content (AvgIpc) is 3.20. The lowest BCUT2D eigenvalue weighted by molar-refractivity contribution is -0.136. The molecular formula is C26H29FN2O3. The molecule has 0 saturated heterocycles. The van der Waals surface area contributed by atoms with Crippen LogP contribution in [0.25, 0.3) is 11.8 Å². The van der Waals surface area contributed by atoms with Gasteiger partial charge in [-0.2, -0.15) is 0 Å². The number of amides is 1. The number of benzene rings is 1. The minimum atomic E-state index is -0.511. The van der Waals surface area contributed by atoms with Gasteiger partial charge in [0, 0.05) is 23.1 Å². The number of aryl methyl sites for hydroxylation is 1. The van der Waals surface area contributed by atoms with E-state index in [4.69, 9.17) is 4.74 Å². The molecule has 168 valence electrons. The lowest BCUT2D eigenvalue weighted by atomic mass is 9.94. The second kappa shape index (κ2) is 8.77. The van der Waals surface area contributed by atoms with Crippen molar-refractivity contribution in [3.63, 3.8) is 0 Å². The van der Waals surface area contributed by atoms with Crippen LogP contribution in [0.4, 0.5) is 4.39 Å². The number of hydrogen-bond acceptors (Lipinski definition) is 3. The van der Waals surface area contributed by atoms with Gasteiger partial charge in [-0.25, -0.2) is 9.18 Å². The molecule has 1 aromatic carbocycles. The summed E-state index contributed by atoms with van der Waals surface area (Å²) in [7, 11) is 1.33. The highest BCUT2D eigenvalue weighted by atomic mass is 19.1. The van der Waals surface area contributed by atoms with Gasteiger partial charge >= 0.3 is 5.97 Å². The van der Waals surface area contributed by atoms with Crippen molar-refractivity contribution in [2.75, 3.05) is 7.11 Å². The first kappa shape index (κ1) is 22.1. The van der Waals surface area contributed by atoms with E-state index in [1.807, 2.05) is 31.4 Å². The Kier molecular flexibility index (Phi) is 6.04. The molecule has 1 amide bonds. The topological polar surface area (TPSA) is 51.5 Å². The van der Waals surface area contributed by atoms with Crippen molar-refractivity contribution in [2.24, 2.45) is 0 Å². The number of hydrogen-bond donors (Lipinski definition) is 0. The van der Waals surface area contributed by atoms with Gasteiger partial charge in [0.1, 0.15) is 5.82 Å². The smallest absolute Gasteiger partial charge is 0.340 e. The highest BCUT2D eigenvalue weighted by Crippen LogP contribution is 2.37. The monoisotopic (exact) mass is 436 g/mol. The first-order valence-corrected chi connectivity index (χ1v) is 11.1. The average molecular weight is 437 g/mol.